The van der Waals surface area contributed by atoms with Crippen molar-refractivity contribution in [2.75, 3.05) is 38.9 Å². The quantitative estimate of drug-likeness (QED) is 0.202. The molecule has 8 rings (SSSR count). The van der Waals surface area contributed by atoms with Crippen molar-refractivity contribution in [3.8, 4) is 17.5 Å². The van der Waals surface area contributed by atoms with Crippen LogP contribution in [0.25, 0.3) is 22.3 Å². The minimum absolute atomic E-state index is 0.139. The van der Waals surface area contributed by atoms with Gasteiger partial charge in [-0.15, -0.1) is 0 Å². The predicted octanol–water partition coefficient (Wildman–Crippen LogP) is 3.46. The summed E-state index contributed by atoms with van der Waals surface area (Å²) in [6.45, 7) is 0.747. The van der Waals surface area contributed by atoms with Gasteiger partial charge in [0.25, 0.3) is 0 Å². The summed E-state index contributed by atoms with van der Waals surface area (Å²) in [7, 11) is -0.534. The van der Waals surface area contributed by atoms with E-state index in [1.54, 1.807) is 18.7 Å². The van der Waals surface area contributed by atoms with Crippen molar-refractivity contribution in [3.63, 3.8) is 0 Å². The molecule has 2 saturated carbocycles. The summed E-state index contributed by atoms with van der Waals surface area (Å²) in [5.41, 5.74) is 14.8. The first-order valence-corrected chi connectivity index (χ1v) is 16.6. The number of nitrogen functional groups attached to an aromatic ring is 2. The molecule has 1 atom stereocenters. The largest absolute Gasteiger partial charge is 0.530 e. The van der Waals surface area contributed by atoms with E-state index in [0.29, 0.717) is 58.4 Å². The van der Waals surface area contributed by atoms with Crippen LogP contribution in [0.15, 0.2) is 36.9 Å². The van der Waals surface area contributed by atoms with E-state index in [9.17, 15) is 4.57 Å². The molecular weight excluding hydrogens is 631 g/mol. The van der Waals surface area contributed by atoms with Crippen LogP contribution >= 0.6 is 7.82 Å². The van der Waals surface area contributed by atoms with Crippen LogP contribution in [0.5, 0.6) is 17.5 Å². The van der Waals surface area contributed by atoms with Crippen LogP contribution in [-0.2, 0) is 20.2 Å². The van der Waals surface area contributed by atoms with E-state index < -0.39 is 7.82 Å². The fourth-order valence-electron chi connectivity index (χ4n) is 6.04. The highest BCUT2D eigenvalue weighted by Gasteiger charge is 2.38. The van der Waals surface area contributed by atoms with E-state index in [1.165, 1.54) is 14.2 Å². The van der Waals surface area contributed by atoms with Gasteiger partial charge >= 0.3 is 7.82 Å². The maximum absolute atomic E-state index is 12.7. The van der Waals surface area contributed by atoms with Gasteiger partial charge in [0.05, 0.1) is 40.1 Å². The number of para-hydroxylation sites is 1. The van der Waals surface area contributed by atoms with Gasteiger partial charge in [-0.2, -0.15) is 19.9 Å². The van der Waals surface area contributed by atoms with Gasteiger partial charge in [0.1, 0.15) is 5.75 Å². The lowest BCUT2D eigenvalue weighted by Gasteiger charge is -2.36. The second-order valence-corrected chi connectivity index (χ2v) is 13.3. The summed E-state index contributed by atoms with van der Waals surface area (Å²) in [4.78, 5) is 25.2. The zero-order valence-electron chi connectivity index (χ0n) is 25.8. The first-order valence-electron chi connectivity index (χ1n) is 15.1. The minimum atomic E-state index is -3.59. The molecule has 1 aromatic carbocycles. The highest BCUT2D eigenvalue weighted by molar-refractivity contribution is 7.49. The van der Waals surface area contributed by atoms with Crippen molar-refractivity contribution >= 4 is 42.0 Å². The topological polar surface area (TPSA) is 223 Å². The summed E-state index contributed by atoms with van der Waals surface area (Å²) in [5.74, 6) is 2.23. The molecule has 0 bridgehead atoms. The molecule has 0 amide bonds. The van der Waals surface area contributed by atoms with Crippen LogP contribution in [0.3, 0.4) is 0 Å². The maximum Gasteiger partial charge on any atom is 0.530 e. The molecule has 18 heteroatoms. The Labute approximate surface area is 268 Å². The number of nitrogens with zero attached hydrogens (tertiary/aromatic N) is 8. The van der Waals surface area contributed by atoms with Gasteiger partial charge in [-0.1, -0.05) is 18.2 Å². The smallest absolute Gasteiger partial charge is 0.479 e. The molecule has 0 saturated heterocycles. The Kier molecular flexibility index (Phi) is 8.30. The van der Waals surface area contributed by atoms with E-state index in [4.69, 9.17) is 39.6 Å². The lowest BCUT2D eigenvalue weighted by atomic mass is 9.81. The Morgan fingerprint density at radius 3 is 1.98 bits per heavy atom. The Balaban J connectivity index is 0.000000167. The van der Waals surface area contributed by atoms with Crippen LogP contribution in [0.2, 0.25) is 0 Å². The SMILES string of the molecule is COc1nc(N)nc2c1ncn2C1CC(CO)C1.COc1nc(N)nc2c1ncn2C1CC(COP2(=O)OCc3ccccc3O2)C1. The van der Waals surface area contributed by atoms with Crippen molar-refractivity contribution in [3.05, 3.63) is 42.5 Å². The van der Waals surface area contributed by atoms with Crippen LogP contribution in [-0.4, -0.2) is 71.6 Å². The molecular formula is C29H35N10O7P. The standard InChI is InChI=1S/C18H20N5O5P.C11H15N5O2/c1-25-17-15-16(21-18(19)22-17)23(10-20-15)13-6-11(7-13)8-26-29(24)27-9-12-4-2-3-5-14(12)28-29;1-18-10-8-9(14-11(12)15-10)16(5-13-8)7-2-6(3-7)4-17/h2-5,10-11,13H,6-9H2,1H3,(H2,19,21,22);5-7,17H,2-4H2,1H3,(H2,12,14,15). The zero-order valence-corrected chi connectivity index (χ0v) is 26.7. The normalized spacial score (nSPS) is 24.7. The number of phosphoric ester groups is 1. The minimum Gasteiger partial charge on any atom is -0.479 e. The van der Waals surface area contributed by atoms with Gasteiger partial charge in [-0.05, 0) is 43.6 Å². The molecule has 17 nitrogen and oxygen atoms in total. The average molecular weight is 667 g/mol. The summed E-state index contributed by atoms with van der Waals surface area (Å²) in [6, 6.07) is 7.86. The molecule has 5 heterocycles. The first-order chi connectivity index (χ1) is 22.8. The molecule has 2 aliphatic carbocycles. The number of anilines is 2. The van der Waals surface area contributed by atoms with E-state index in [2.05, 4.69) is 29.9 Å². The molecule has 1 unspecified atom stereocenters. The van der Waals surface area contributed by atoms with Crippen molar-refractivity contribution in [2.45, 2.75) is 44.4 Å². The van der Waals surface area contributed by atoms with Crippen molar-refractivity contribution in [1.29, 1.82) is 0 Å². The second kappa shape index (κ2) is 12.6. The van der Waals surface area contributed by atoms with Gasteiger partial charge in [0, 0.05) is 24.3 Å². The first kappa shape index (κ1) is 31.1. The maximum atomic E-state index is 12.7. The van der Waals surface area contributed by atoms with Crippen molar-refractivity contribution < 1.29 is 32.7 Å². The van der Waals surface area contributed by atoms with E-state index in [1.807, 2.05) is 27.3 Å². The zero-order chi connectivity index (χ0) is 32.7. The number of rotatable bonds is 8. The van der Waals surface area contributed by atoms with E-state index >= 15 is 0 Å². The number of hydrogen-bond donors (Lipinski definition) is 3. The third kappa shape index (κ3) is 6.02. The van der Waals surface area contributed by atoms with Gasteiger partial charge in [0.2, 0.25) is 23.7 Å². The van der Waals surface area contributed by atoms with Gasteiger partial charge in [-0.3, -0.25) is 9.05 Å². The summed E-state index contributed by atoms with van der Waals surface area (Å²) in [6.07, 6.45) is 6.99. The number of nitrogens with two attached hydrogens (primary N) is 2. The molecule has 47 heavy (non-hydrogen) atoms. The number of aromatic nitrogens is 8. The molecule has 0 spiro atoms. The summed E-state index contributed by atoms with van der Waals surface area (Å²) >= 11 is 0. The third-order valence-electron chi connectivity index (χ3n) is 8.70. The average Bonchev–Trinajstić information content (AvgIpc) is 3.64. The van der Waals surface area contributed by atoms with Crippen molar-refractivity contribution in [1.82, 2.24) is 39.0 Å². The molecule has 2 fully saturated rings. The number of phosphoric acid groups is 1. The summed E-state index contributed by atoms with van der Waals surface area (Å²) in [5, 5.41) is 9.05. The number of methoxy groups -OCH3 is 2. The fourth-order valence-corrected chi connectivity index (χ4v) is 7.33. The number of benzene rings is 1. The third-order valence-corrected chi connectivity index (χ3v) is 10.0. The van der Waals surface area contributed by atoms with E-state index in [0.717, 1.165) is 31.2 Å². The molecule has 3 aliphatic rings. The lowest BCUT2D eigenvalue weighted by molar-refractivity contribution is 0.0797. The molecule has 5 aromatic rings. The Morgan fingerprint density at radius 2 is 1.43 bits per heavy atom. The monoisotopic (exact) mass is 666 g/mol. The number of fused-ring (bicyclic) bond motifs is 3. The van der Waals surface area contributed by atoms with Crippen LogP contribution in [0.4, 0.5) is 11.9 Å². The fraction of sp³-hybridized carbons (Fsp3) is 0.448. The highest BCUT2D eigenvalue weighted by Crippen LogP contribution is 2.55. The van der Waals surface area contributed by atoms with Gasteiger partial charge in [0.15, 0.2) is 22.3 Å². The molecule has 0 radical (unpaired) electrons. The number of hydrogen-bond acceptors (Lipinski definition) is 15. The lowest BCUT2D eigenvalue weighted by Crippen LogP contribution is -2.30. The van der Waals surface area contributed by atoms with Crippen LogP contribution in [0, 0.1) is 11.8 Å². The number of aliphatic hydroxyl groups is 1. The second-order valence-electron chi connectivity index (χ2n) is 11.7. The summed E-state index contributed by atoms with van der Waals surface area (Å²) < 4.78 is 43.4. The molecule has 5 N–H and O–H groups in total. The predicted molar refractivity (Wildman–Crippen MR) is 169 cm³/mol. The Morgan fingerprint density at radius 1 is 0.872 bits per heavy atom. The van der Waals surface area contributed by atoms with Gasteiger partial charge < -0.3 is 39.7 Å². The Bertz CT molecular complexity index is 1960. The van der Waals surface area contributed by atoms with Gasteiger partial charge in [-0.25, -0.2) is 14.5 Å². The van der Waals surface area contributed by atoms with Crippen LogP contribution < -0.4 is 25.5 Å². The van der Waals surface area contributed by atoms with E-state index in [-0.39, 0.29) is 37.1 Å². The molecule has 4 aromatic heterocycles. The number of aliphatic hydroxyl groups excluding tert-OH is 1. The van der Waals surface area contributed by atoms with Crippen LogP contribution in [0.1, 0.15) is 43.3 Å². The number of imidazole rings is 2. The highest BCUT2D eigenvalue weighted by atomic mass is 31.2. The Hall–Kier alpha value is -4.57. The number of ether oxygens (including phenoxy) is 2. The molecule has 248 valence electrons. The van der Waals surface area contributed by atoms with Crippen molar-refractivity contribution in [2.24, 2.45) is 11.8 Å². The molecule has 1 aliphatic heterocycles.